The third-order valence-corrected chi connectivity index (χ3v) is 4.54. The van der Waals surface area contributed by atoms with Crippen LogP contribution in [0.5, 0.6) is 5.75 Å². The minimum Gasteiger partial charge on any atom is -0.484 e. The number of hydrogen-bond acceptors (Lipinski definition) is 5. The van der Waals surface area contributed by atoms with E-state index >= 15 is 0 Å². The first-order valence-corrected chi connectivity index (χ1v) is 9.38. The Balaban J connectivity index is 1.35. The lowest BCUT2D eigenvalue weighted by molar-refractivity contribution is -0.124. The molecule has 1 aliphatic heterocycles. The van der Waals surface area contributed by atoms with Crippen LogP contribution in [0.2, 0.25) is 0 Å². The molecule has 5 amide bonds. The van der Waals surface area contributed by atoms with Crippen molar-refractivity contribution in [3.63, 3.8) is 0 Å². The Bertz CT molecular complexity index is 1210. The number of rotatable bonds is 5. The highest BCUT2D eigenvalue weighted by Crippen LogP contribution is 2.19. The van der Waals surface area contributed by atoms with E-state index in [1.165, 1.54) is 6.08 Å². The minimum atomic E-state index is -0.849. The van der Waals surface area contributed by atoms with Crippen molar-refractivity contribution in [3.05, 3.63) is 77.9 Å². The Morgan fingerprint density at radius 2 is 1.55 bits per heavy atom. The van der Waals surface area contributed by atoms with Gasteiger partial charge in [-0.1, -0.05) is 42.5 Å². The molecule has 3 N–H and O–H groups in total. The smallest absolute Gasteiger partial charge is 0.328 e. The lowest BCUT2D eigenvalue weighted by atomic mass is 10.1. The van der Waals surface area contributed by atoms with Crippen LogP contribution >= 0.6 is 0 Å². The van der Waals surface area contributed by atoms with E-state index in [-0.39, 0.29) is 18.1 Å². The molecule has 0 radical (unpaired) electrons. The zero-order valence-electron chi connectivity index (χ0n) is 16.2. The van der Waals surface area contributed by atoms with Gasteiger partial charge in [-0.2, -0.15) is 0 Å². The van der Waals surface area contributed by atoms with Crippen molar-refractivity contribution in [1.82, 2.24) is 10.6 Å². The quantitative estimate of drug-likeness (QED) is 0.438. The average molecular weight is 415 g/mol. The molecule has 0 saturated carbocycles. The Kier molecular flexibility index (Phi) is 5.44. The van der Waals surface area contributed by atoms with Gasteiger partial charge in [-0.3, -0.25) is 25.0 Å². The molecule has 1 aliphatic rings. The van der Waals surface area contributed by atoms with Crippen LogP contribution in [0.3, 0.4) is 0 Å². The van der Waals surface area contributed by atoms with Crippen LogP contribution in [0.1, 0.15) is 5.56 Å². The second-order valence-electron chi connectivity index (χ2n) is 6.76. The summed E-state index contributed by atoms with van der Waals surface area (Å²) in [7, 11) is 0. The van der Waals surface area contributed by atoms with Gasteiger partial charge in [0, 0.05) is 5.69 Å². The molecule has 1 heterocycles. The molecule has 0 spiro atoms. The van der Waals surface area contributed by atoms with Crippen molar-refractivity contribution >= 4 is 46.3 Å². The summed E-state index contributed by atoms with van der Waals surface area (Å²) in [6, 6.07) is 19.1. The molecular formula is C23H17N3O5. The van der Waals surface area contributed by atoms with Gasteiger partial charge < -0.3 is 10.1 Å². The number of imide groups is 2. The van der Waals surface area contributed by atoms with Crippen LogP contribution in [0, 0.1) is 0 Å². The van der Waals surface area contributed by atoms with Crippen LogP contribution in [0.15, 0.2) is 72.3 Å². The molecule has 8 heteroatoms. The minimum absolute atomic E-state index is 0.178. The number of ether oxygens (including phenoxy) is 1. The Hall–Kier alpha value is -4.46. The molecule has 0 aliphatic carbocycles. The molecule has 3 aromatic rings. The summed E-state index contributed by atoms with van der Waals surface area (Å²) < 4.78 is 5.49. The summed E-state index contributed by atoms with van der Waals surface area (Å²) >= 11 is 0. The number of barbiturate groups is 1. The molecule has 4 rings (SSSR count). The van der Waals surface area contributed by atoms with Gasteiger partial charge in [0.25, 0.3) is 17.7 Å². The Morgan fingerprint density at radius 1 is 0.871 bits per heavy atom. The highest BCUT2D eigenvalue weighted by molar-refractivity contribution is 6.31. The summed E-state index contributed by atoms with van der Waals surface area (Å²) in [6.07, 6.45) is 1.35. The molecule has 8 nitrogen and oxygen atoms in total. The number of benzene rings is 3. The number of anilines is 1. The summed E-state index contributed by atoms with van der Waals surface area (Å²) in [5, 5.41) is 8.92. The number of fused-ring (bicyclic) bond motifs is 1. The highest BCUT2D eigenvalue weighted by Gasteiger charge is 2.27. The van der Waals surface area contributed by atoms with Crippen LogP contribution in [0.4, 0.5) is 10.5 Å². The number of amides is 5. The predicted molar refractivity (Wildman–Crippen MR) is 114 cm³/mol. The average Bonchev–Trinajstić information content (AvgIpc) is 2.75. The predicted octanol–water partition coefficient (Wildman–Crippen LogP) is 2.61. The lowest BCUT2D eigenvalue weighted by Gasteiger charge is -2.14. The van der Waals surface area contributed by atoms with Gasteiger partial charge in [-0.05, 0) is 46.7 Å². The number of nitrogens with one attached hydrogen (secondary N) is 3. The number of carbonyl (C=O) groups excluding carboxylic acids is 4. The molecule has 0 bridgehead atoms. The first-order chi connectivity index (χ1) is 15.0. The Labute approximate surface area is 176 Å². The molecule has 1 fully saturated rings. The van der Waals surface area contributed by atoms with Crippen LogP contribution < -0.4 is 20.7 Å². The topological polar surface area (TPSA) is 114 Å². The fraction of sp³-hybridized carbons (Fsp3) is 0.0435. The van der Waals surface area contributed by atoms with E-state index in [1.54, 1.807) is 24.3 Å². The maximum atomic E-state index is 12.2. The summed E-state index contributed by atoms with van der Waals surface area (Å²) in [5.74, 6) is -1.39. The summed E-state index contributed by atoms with van der Waals surface area (Å²) in [6.45, 7) is -0.180. The number of carbonyl (C=O) groups is 4. The van der Waals surface area contributed by atoms with Gasteiger partial charge in [-0.25, -0.2) is 4.79 Å². The molecule has 0 atom stereocenters. The van der Waals surface area contributed by atoms with E-state index in [4.69, 9.17) is 4.74 Å². The van der Waals surface area contributed by atoms with Crippen LogP contribution in [-0.2, 0) is 14.4 Å². The maximum absolute atomic E-state index is 12.2. The van der Waals surface area contributed by atoms with Gasteiger partial charge >= 0.3 is 6.03 Å². The fourth-order valence-corrected chi connectivity index (χ4v) is 3.05. The first kappa shape index (κ1) is 19.8. The monoisotopic (exact) mass is 415 g/mol. The normalized spacial score (nSPS) is 13.4. The van der Waals surface area contributed by atoms with Crippen molar-refractivity contribution in [3.8, 4) is 5.75 Å². The maximum Gasteiger partial charge on any atom is 0.328 e. The molecule has 0 unspecified atom stereocenters. The highest BCUT2D eigenvalue weighted by atomic mass is 16.5. The van der Waals surface area contributed by atoms with Gasteiger partial charge in [0.05, 0.1) is 0 Å². The molecule has 154 valence electrons. The van der Waals surface area contributed by atoms with Crippen molar-refractivity contribution in [2.75, 3.05) is 11.9 Å². The van der Waals surface area contributed by atoms with E-state index in [9.17, 15) is 19.2 Å². The number of hydrogen-bond donors (Lipinski definition) is 3. The van der Waals surface area contributed by atoms with E-state index in [0.717, 1.165) is 10.8 Å². The Morgan fingerprint density at radius 3 is 2.26 bits per heavy atom. The summed E-state index contributed by atoms with van der Waals surface area (Å²) in [4.78, 5) is 46.8. The van der Waals surface area contributed by atoms with E-state index < -0.39 is 17.8 Å². The van der Waals surface area contributed by atoms with Crippen LogP contribution in [0.25, 0.3) is 16.8 Å². The zero-order chi connectivity index (χ0) is 21.8. The van der Waals surface area contributed by atoms with Gasteiger partial charge in [0.2, 0.25) is 0 Å². The largest absolute Gasteiger partial charge is 0.484 e. The molecule has 1 saturated heterocycles. The molecular weight excluding hydrogens is 398 g/mol. The third kappa shape index (κ3) is 4.76. The van der Waals surface area contributed by atoms with Crippen molar-refractivity contribution in [1.29, 1.82) is 0 Å². The van der Waals surface area contributed by atoms with Crippen molar-refractivity contribution in [2.24, 2.45) is 0 Å². The number of urea groups is 1. The molecule has 0 aromatic heterocycles. The van der Waals surface area contributed by atoms with E-state index in [1.807, 2.05) is 53.1 Å². The van der Waals surface area contributed by atoms with E-state index in [0.29, 0.717) is 17.0 Å². The van der Waals surface area contributed by atoms with Crippen LogP contribution in [-0.4, -0.2) is 30.4 Å². The van der Waals surface area contributed by atoms with Crippen molar-refractivity contribution in [2.45, 2.75) is 0 Å². The third-order valence-electron chi connectivity index (χ3n) is 4.54. The van der Waals surface area contributed by atoms with Gasteiger partial charge in [0.1, 0.15) is 11.3 Å². The van der Waals surface area contributed by atoms with Crippen molar-refractivity contribution < 1.29 is 23.9 Å². The van der Waals surface area contributed by atoms with Gasteiger partial charge in [0.15, 0.2) is 6.61 Å². The fourth-order valence-electron chi connectivity index (χ4n) is 3.05. The lowest BCUT2D eigenvalue weighted by Crippen LogP contribution is -2.51. The SMILES string of the molecule is O=C(COc1ccc(C=C2C(=O)NC(=O)NC2=O)cc1)Nc1ccc2ccccc2c1. The first-order valence-electron chi connectivity index (χ1n) is 9.38. The van der Waals surface area contributed by atoms with E-state index in [2.05, 4.69) is 5.32 Å². The zero-order valence-corrected chi connectivity index (χ0v) is 16.2. The standard InChI is InChI=1S/C23H17N3O5/c27-20(24-17-8-7-15-3-1-2-4-16(15)12-17)13-31-18-9-5-14(6-10-18)11-19-21(28)25-23(30)26-22(19)29/h1-12H,13H2,(H,24,27)(H2,25,26,28,29,30). The molecule has 31 heavy (non-hydrogen) atoms. The second kappa shape index (κ2) is 8.50. The molecule has 3 aromatic carbocycles. The summed E-state index contributed by atoms with van der Waals surface area (Å²) in [5.41, 5.74) is 1.06. The second-order valence-corrected chi connectivity index (χ2v) is 6.76. The van der Waals surface area contributed by atoms with Gasteiger partial charge in [-0.15, -0.1) is 0 Å².